The van der Waals surface area contributed by atoms with E-state index in [4.69, 9.17) is 20.6 Å². The van der Waals surface area contributed by atoms with Crippen molar-refractivity contribution in [3.05, 3.63) is 0 Å². The predicted octanol–water partition coefficient (Wildman–Crippen LogP) is -0.659. The van der Waals surface area contributed by atoms with Gasteiger partial charge >= 0.3 is 5.97 Å². The maximum atomic E-state index is 10.1. The van der Waals surface area contributed by atoms with Gasteiger partial charge in [-0.3, -0.25) is 4.79 Å². The molecule has 0 saturated carbocycles. The summed E-state index contributed by atoms with van der Waals surface area (Å²) in [6, 6.07) is -1.10. The van der Waals surface area contributed by atoms with Gasteiger partial charge in [0.05, 0.1) is 0 Å². The fourth-order valence-electron chi connectivity index (χ4n) is 0.249. The van der Waals surface area contributed by atoms with Gasteiger partial charge in [0.1, 0.15) is 6.04 Å². The molecule has 0 aliphatic rings. The lowest BCUT2D eigenvalue weighted by molar-refractivity contribution is -0.137. The lowest BCUT2D eigenvalue weighted by atomic mass is 10.4. The van der Waals surface area contributed by atoms with Gasteiger partial charge in [-0.25, -0.2) is 0 Å². The van der Waals surface area contributed by atoms with Crippen LogP contribution in [0.3, 0.4) is 0 Å². The van der Waals surface area contributed by atoms with E-state index in [0.717, 1.165) is 0 Å². The molecule has 0 rings (SSSR count). The third-order valence-corrected chi connectivity index (χ3v) is 3.99. The normalized spacial score (nSPS) is 14.5. The highest BCUT2D eigenvalue weighted by Gasteiger charge is 2.16. The van der Waals surface area contributed by atoms with Crippen LogP contribution in [0.15, 0.2) is 0 Å². The molecule has 8 heteroatoms. The molecule has 0 aromatic heterocycles. The molecule has 0 fully saturated rings. The van der Waals surface area contributed by atoms with Gasteiger partial charge in [0.15, 0.2) is 0 Å². The Morgan fingerprint density at radius 1 is 1.73 bits per heavy atom. The Balaban J connectivity index is 3.72. The number of carbonyl (C=O) groups is 1. The van der Waals surface area contributed by atoms with Crippen molar-refractivity contribution in [3.8, 4) is 0 Å². The van der Waals surface area contributed by atoms with Crippen molar-refractivity contribution in [1.82, 2.24) is 0 Å². The molecule has 0 amide bonds. The van der Waals surface area contributed by atoms with Crippen molar-refractivity contribution in [3.63, 3.8) is 0 Å². The van der Waals surface area contributed by atoms with Crippen molar-refractivity contribution in [2.75, 3.05) is 5.75 Å². The SMILES string of the molecule is N[C@@H](CSP(O)(O)=S)C(=O)O. The average Bonchev–Trinajstić information content (AvgIpc) is 1.80. The quantitative estimate of drug-likeness (QED) is 0.463. The first kappa shape index (κ1) is 11.4. The second-order valence-corrected chi connectivity index (χ2v) is 7.83. The highest BCUT2D eigenvalue weighted by atomic mass is 32.9. The van der Waals surface area contributed by atoms with E-state index >= 15 is 0 Å². The number of aliphatic carboxylic acids is 1. The molecule has 11 heavy (non-hydrogen) atoms. The first-order valence-corrected chi connectivity index (χ1v) is 6.81. The molecule has 0 aromatic carbocycles. The van der Waals surface area contributed by atoms with E-state index in [1.807, 2.05) is 0 Å². The summed E-state index contributed by atoms with van der Waals surface area (Å²) in [4.78, 5) is 27.4. The van der Waals surface area contributed by atoms with Crippen LogP contribution >= 0.6 is 17.1 Å². The Morgan fingerprint density at radius 2 is 2.18 bits per heavy atom. The van der Waals surface area contributed by atoms with Gasteiger partial charge < -0.3 is 20.6 Å². The molecule has 0 aliphatic carbocycles. The zero-order valence-electron chi connectivity index (χ0n) is 5.38. The Hall–Kier alpha value is 0.350. The number of hydrogen-bond donors (Lipinski definition) is 4. The fourth-order valence-corrected chi connectivity index (χ4v) is 2.36. The summed E-state index contributed by atoms with van der Waals surface area (Å²) in [5.41, 5.74) is 1.70. The minimum Gasteiger partial charge on any atom is -0.480 e. The zero-order chi connectivity index (χ0) is 9.07. The van der Waals surface area contributed by atoms with E-state index in [2.05, 4.69) is 11.8 Å². The highest BCUT2D eigenvalue weighted by Crippen LogP contribution is 2.50. The number of hydrogen-bond acceptors (Lipinski definition) is 4. The maximum absolute atomic E-state index is 10.1. The van der Waals surface area contributed by atoms with Crippen LogP contribution in [0.25, 0.3) is 0 Å². The molecule has 1 atom stereocenters. The van der Waals surface area contributed by atoms with Crippen molar-refractivity contribution in [2.45, 2.75) is 6.04 Å². The van der Waals surface area contributed by atoms with Gasteiger partial charge in [-0.1, -0.05) is 11.4 Å². The largest absolute Gasteiger partial charge is 0.480 e. The van der Waals surface area contributed by atoms with Crippen LogP contribution in [0.1, 0.15) is 0 Å². The molecular formula is C3H8NO4PS2. The maximum Gasteiger partial charge on any atom is 0.321 e. The molecule has 0 unspecified atom stereocenters. The van der Waals surface area contributed by atoms with E-state index in [0.29, 0.717) is 11.4 Å². The van der Waals surface area contributed by atoms with Crippen molar-refractivity contribution >= 4 is 34.9 Å². The Labute approximate surface area is 72.5 Å². The first-order chi connectivity index (χ1) is 4.83. The summed E-state index contributed by atoms with van der Waals surface area (Å²) in [6.07, 6.45) is 0. The van der Waals surface area contributed by atoms with Gasteiger partial charge in [-0.2, -0.15) is 0 Å². The zero-order valence-corrected chi connectivity index (χ0v) is 7.90. The molecule has 66 valence electrons. The third kappa shape index (κ3) is 6.74. The van der Waals surface area contributed by atoms with Crippen LogP contribution in [0, 0.1) is 0 Å². The monoisotopic (exact) mass is 217 g/mol. The standard InChI is InChI=1S/C3H8NO4PS2/c4-2(3(5)6)1-11-9(7,8)10/h2H,1,4H2,(H,5,6)(H2,7,8,10)/t2-/m0/s1. The smallest absolute Gasteiger partial charge is 0.321 e. The van der Waals surface area contributed by atoms with Gasteiger partial charge in [0, 0.05) is 5.75 Å². The molecule has 0 radical (unpaired) electrons. The summed E-state index contributed by atoms with van der Waals surface area (Å²) < 4.78 is 0. The van der Waals surface area contributed by atoms with Crippen molar-refractivity contribution < 1.29 is 19.7 Å². The lowest BCUT2D eigenvalue weighted by Crippen LogP contribution is -2.32. The Bertz CT molecular complexity index is 192. The van der Waals surface area contributed by atoms with Crippen LogP contribution in [0.2, 0.25) is 0 Å². The molecule has 0 bridgehead atoms. The summed E-state index contributed by atoms with van der Waals surface area (Å²) >= 11 is 4.83. The lowest BCUT2D eigenvalue weighted by Gasteiger charge is -2.08. The summed E-state index contributed by atoms with van der Waals surface area (Å²) in [5.74, 6) is -1.26. The molecule has 0 aromatic rings. The van der Waals surface area contributed by atoms with Crippen molar-refractivity contribution in [1.29, 1.82) is 0 Å². The Morgan fingerprint density at radius 3 is 2.45 bits per heavy atom. The van der Waals surface area contributed by atoms with Crippen LogP contribution in [-0.4, -0.2) is 32.7 Å². The van der Waals surface area contributed by atoms with Gasteiger partial charge in [-0.15, -0.1) is 0 Å². The summed E-state index contributed by atoms with van der Waals surface area (Å²) in [7, 11) is 0. The number of nitrogens with two attached hydrogens (primary N) is 1. The topological polar surface area (TPSA) is 104 Å². The summed E-state index contributed by atoms with van der Waals surface area (Å²) in [5, 5.41) is 8.26. The minimum absolute atomic E-state index is 0.0837. The Kier molecular flexibility index (Phi) is 4.53. The van der Waals surface area contributed by atoms with E-state index < -0.39 is 17.7 Å². The molecule has 5 N–H and O–H groups in total. The van der Waals surface area contributed by atoms with Crippen molar-refractivity contribution in [2.24, 2.45) is 5.73 Å². The third-order valence-electron chi connectivity index (χ3n) is 0.739. The fraction of sp³-hybridized carbons (Fsp3) is 0.667. The molecule has 5 nitrogen and oxygen atoms in total. The van der Waals surface area contributed by atoms with Crippen LogP contribution in [-0.2, 0) is 16.6 Å². The number of carboxylic acid groups (broad SMARTS) is 1. The molecule has 0 saturated heterocycles. The van der Waals surface area contributed by atoms with Gasteiger partial charge in [0.2, 0.25) is 5.69 Å². The van der Waals surface area contributed by atoms with E-state index in [1.165, 1.54) is 0 Å². The molecule has 0 heterocycles. The first-order valence-electron chi connectivity index (χ1n) is 2.51. The van der Waals surface area contributed by atoms with Crippen LogP contribution in [0.5, 0.6) is 0 Å². The van der Waals surface area contributed by atoms with Crippen LogP contribution in [0.4, 0.5) is 0 Å². The van der Waals surface area contributed by atoms with E-state index in [-0.39, 0.29) is 5.75 Å². The van der Waals surface area contributed by atoms with Gasteiger partial charge in [-0.05, 0) is 11.8 Å². The number of carboxylic acids is 1. The van der Waals surface area contributed by atoms with E-state index in [9.17, 15) is 4.79 Å². The number of rotatable bonds is 4. The molecule has 0 spiro atoms. The second-order valence-electron chi connectivity index (χ2n) is 1.73. The van der Waals surface area contributed by atoms with Gasteiger partial charge in [0.25, 0.3) is 0 Å². The predicted molar refractivity (Wildman–Crippen MR) is 46.8 cm³/mol. The highest BCUT2D eigenvalue weighted by molar-refractivity contribution is 8.67. The molecule has 0 aliphatic heterocycles. The molecular weight excluding hydrogens is 209 g/mol. The summed E-state index contributed by atoms with van der Waals surface area (Å²) in [6.45, 7) is 0. The second kappa shape index (κ2) is 4.39. The minimum atomic E-state index is -3.35. The van der Waals surface area contributed by atoms with E-state index in [1.54, 1.807) is 0 Å². The average molecular weight is 217 g/mol. The van der Waals surface area contributed by atoms with Crippen LogP contribution < -0.4 is 5.73 Å².